The SMILES string of the molecule is CNS(=O)(=O)Cc1ccccc1CNC(=O)c1cc(-c2ccc(Cl)s2)nc2ccccc12. The van der Waals surface area contributed by atoms with Crippen LogP contribution in [0.3, 0.4) is 0 Å². The number of carbonyl (C=O) groups excluding carboxylic acids is 1. The summed E-state index contributed by atoms with van der Waals surface area (Å²) in [6.07, 6.45) is 0. The number of halogens is 1. The number of rotatable bonds is 7. The Kier molecular flexibility index (Phi) is 6.57. The van der Waals surface area contributed by atoms with E-state index in [1.54, 1.807) is 24.3 Å². The minimum absolute atomic E-state index is 0.156. The first-order chi connectivity index (χ1) is 15.4. The van der Waals surface area contributed by atoms with Crippen LogP contribution in [0, 0.1) is 0 Å². The second-order valence-electron chi connectivity index (χ2n) is 7.09. The molecule has 0 saturated heterocycles. The molecule has 164 valence electrons. The fourth-order valence-corrected chi connectivity index (χ4v) is 5.20. The maximum atomic E-state index is 13.2. The zero-order valence-electron chi connectivity index (χ0n) is 17.1. The summed E-state index contributed by atoms with van der Waals surface area (Å²) in [6.45, 7) is 0.199. The Hall–Kier alpha value is -2.78. The molecule has 4 aromatic rings. The van der Waals surface area contributed by atoms with Crippen LogP contribution in [0.25, 0.3) is 21.5 Å². The number of para-hydroxylation sites is 1. The Morgan fingerprint density at radius 2 is 1.75 bits per heavy atom. The van der Waals surface area contributed by atoms with Crippen molar-refractivity contribution >= 4 is 49.8 Å². The van der Waals surface area contributed by atoms with Crippen molar-refractivity contribution in [3.63, 3.8) is 0 Å². The molecule has 0 fully saturated rings. The molecule has 0 aliphatic rings. The molecule has 0 unspecified atom stereocenters. The average molecular weight is 486 g/mol. The molecule has 0 bridgehead atoms. The number of benzene rings is 2. The van der Waals surface area contributed by atoms with Crippen molar-refractivity contribution in [1.29, 1.82) is 0 Å². The number of hydrogen-bond acceptors (Lipinski definition) is 5. The summed E-state index contributed by atoms with van der Waals surface area (Å²) in [4.78, 5) is 18.7. The number of fused-ring (bicyclic) bond motifs is 1. The van der Waals surface area contributed by atoms with E-state index in [1.807, 2.05) is 42.5 Å². The predicted molar refractivity (Wildman–Crippen MR) is 129 cm³/mol. The largest absolute Gasteiger partial charge is 0.348 e. The molecule has 0 aliphatic carbocycles. The van der Waals surface area contributed by atoms with Gasteiger partial charge in [-0.3, -0.25) is 4.79 Å². The third-order valence-electron chi connectivity index (χ3n) is 5.00. The number of nitrogens with one attached hydrogen (secondary N) is 2. The van der Waals surface area contributed by atoms with Crippen LogP contribution in [0.4, 0.5) is 0 Å². The van der Waals surface area contributed by atoms with E-state index in [1.165, 1.54) is 18.4 Å². The van der Waals surface area contributed by atoms with Gasteiger partial charge in [-0.15, -0.1) is 11.3 Å². The van der Waals surface area contributed by atoms with Crippen LogP contribution in [-0.4, -0.2) is 26.4 Å². The fourth-order valence-electron chi connectivity index (χ4n) is 3.36. The Labute approximate surface area is 195 Å². The van der Waals surface area contributed by atoms with E-state index in [4.69, 9.17) is 11.6 Å². The van der Waals surface area contributed by atoms with E-state index < -0.39 is 10.0 Å². The van der Waals surface area contributed by atoms with Gasteiger partial charge in [-0.25, -0.2) is 18.1 Å². The van der Waals surface area contributed by atoms with Crippen LogP contribution in [0.2, 0.25) is 4.34 Å². The molecule has 2 aromatic carbocycles. The lowest BCUT2D eigenvalue weighted by Gasteiger charge is -2.13. The minimum atomic E-state index is -3.43. The number of aromatic nitrogens is 1. The molecule has 9 heteroatoms. The highest BCUT2D eigenvalue weighted by Gasteiger charge is 2.16. The van der Waals surface area contributed by atoms with Gasteiger partial charge in [0, 0.05) is 11.9 Å². The highest BCUT2D eigenvalue weighted by molar-refractivity contribution is 7.88. The van der Waals surface area contributed by atoms with Gasteiger partial charge in [0.25, 0.3) is 5.91 Å². The van der Waals surface area contributed by atoms with Crippen molar-refractivity contribution in [2.24, 2.45) is 0 Å². The maximum absolute atomic E-state index is 13.2. The van der Waals surface area contributed by atoms with Crippen LogP contribution in [0.15, 0.2) is 66.7 Å². The lowest BCUT2D eigenvalue weighted by molar-refractivity contribution is 0.0952. The summed E-state index contributed by atoms with van der Waals surface area (Å²) < 4.78 is 26.9. The number of thiophene rings is 1. The van der Waals surface area contributed by atoms with Crippen LogP contribution in [0.5, 0.6) is 0 Å². The smallest absolute Gasteiger partial charge is 0.252 e. The normalized spacial score (nSPS) is 11.6. The third kappa shape index (κ3) is 4.99. The highest BCUT2D eigenvalue weighted by Crippen LogP contribution is 2.32. The van der Waals surface area contributed by atoms with Gasteiger partial charge in [-0.1, -0.05) is 54.1 Å². The molecule has 2 aromatic heterocycles. The maximum Gasteiger partial charge on any atom is 0.252 e. The Bertz CT molecular complexity index is 1400. The molecule has 6 nitrogen and oxygen atoms in total. The van der Waals surface area contributed by atoms with Crippen molar-refractivity contribution in [2.45, 2.75) is 12.3 Å². The number of sulfonamides is 1. The highest BCUT2D eigenvalue weighted by atomic mass is 35.5. The molecular weight excluding hydrogens is 466 g/mol. The number of carbonyl (C=O) groups is 1. The first-order valence-electron chi connectivity index (χ1n) is 9.78. The second-order valence-corrected chi connectivity index (χ2v) is 10.7. The topological polar surface area (TPSA) is 88.2 Å². The molecule has 32 heavy (non-hydrogen) atoms. The first kappa shape index (κ1) is 22.4. The molecular formula is C23H20ClN3O3S2. The molecule has 4 rings (SSSR count). The fraction of sp³-hybridized carbons (Fsp3) is 0.130. The molecule has 0 radical (unpaired) electrons. The standard InChI is InChI=1S/C23H20ClN3O3S2/c1-25-32(29,30)14-16-7-3-2-6-15(16)13-26-23(28)18-12-20(21-10-11-22(24)31-21)27-19-9-5-4-8-17(18)19/h2-12,25H,13-14H2,1H3,(H,26,28). The molecule has 0 saturated carbocycles. The monoisotopic (exact) mass is 485 g/mol. The summed E-state index contributed by atoms with van der Waals surface area (Å²) in [7, 11) is -2.05. The van der Waals surface area contributed by atoms with E-state index in [9.17, 15) is 13.2 Å². The number of nitrogens with zero attached hydrogens (tertiary/aromatic N) is 1. The van der Waals surface area contributed by atoms with Gasteiger partial charge in [0.1, 0.15) is 0 Å². The van der Waals surface area contributed by atoms with Crippen molar-refractivity contribution in [2.75, 3.05) is 7.05 Å². The number of pyridine rings is 1. The summed E-state index contributed by atoms with van der Waals surface area (Å²) in [5.74, 6) is -0.421. The number of amides is 1. The van der Waals surface area contributed by atoms with Gasteiger partial charge in [-0.2, -0.15) is 0 Å². The van der Waals surface area contributed by atoms with Crippen molar-refractivity contribution in [1.82, 2.24) is 15.0 Å². The molecule has 0 aliphatic heterocycles. The number of hydrogen-bond donors (Lipinski definition) is 2. The summed E-state index contributed by atoms with van der Waals surface area (Å²) in [5.41, 5.74) is 3.25. The van der Waals surface area contributed by atoms with Gasteiger partial charge in [0.15, 0.2) is 0 Å². The molecule has 1 amide bonds. The van der Waals surface area contributed by atoms with Crippen LogP contribution in [0.1, 0.15) is 21.5 Å². The predicted octanol–water partition coefficient (Wildman–Crippen LogP) is 4.60. The molecule has 2 N–H and O–H groups in total. The van der Waals surface area contributed by atoms with Crippen molar-refractivity contribution in [3.05, 3.63) is 87.8 Å². The van der Waals surface area contributed by atoms with Crippen LogP contribution < -0.4 is 10.0 Å². The third-order valence-corrected chi connectivity index (χ3v) is 7.57. The molecule has 2 heterocycles. The van der Waals surface area contributed by atoms with Crippen molar-refractivity contribution in [3.8, 4) is 10.6 Å². The van der Waals surface area contributed by atoms with Gasteiger partial charge in [0.05, 0.1) is 31.7 Å². The summed E-state index contributed by atoms with van der Waals surface area (Å²) in [5, 5.41) is 3.67. The Balaban J connectivity index is 1.64. The lowest BCUT2D eigenvalue weighted by atomic mass is 10.1. The zero-order valence-corrected chi connectivity index (χ0v) is 19.5. The van der Waals surface area contributed by atoms with E-state index in [0.717, 1.165) is 15.8 Å². The molecule has 0 spiro atoms. The van der Waals surface area contributed by atoms with Gasteiger partial charge >= 0.3 is 0 Å². The Morgan fingerprint density at radius 3 is 2.47 bits per heavy atom. The van der Waals surface area contributed by atoms with Gasteiger partial charge in [0.2, 0.25) is 10.0 Å². The first-order valence-corrected chi connectivity index (χ1v) is 12.6. The van der Waals surface area contributed by atoms with Crippen LogP contribution in [-0.2, 0) is 22.3 Å². The van der Waals surface area contributed by atoms with Crippen LogP contribution >= 0.6 is 22.9 Å². The van der Waals surface area contributed by atoms with E-state index in [0.29, 0.717) is 26.7 Å². The van der Waals surface area contributed by atoms with E-state index in [-0.39, 0.29) is 18.2 Å². The van der Waals surface area contributed by atoms with Gasteiger partial charge in [-0.05, 0) is 42.4 Å². The lowest BCUT2D eigenvalue weighted by Crippen LogP contribution is -2.25. The second kappa shape index (κ2) is 9.38. The summed E-state index contributed by atoms with van der Waals surface area (Å²) >= 11 is 7.48. The minimum Gasteiger partial charge on any atom is -0.348 e. The molecule has 0 atom stereocenters. The average Bonchev–Trinajstić information content (AvgIpc) is 3.23. The van der Waals surface area contributed by atoms with E-state index in [2.05, 4.69) is 15.0 Å². The summed E-state index contributed by atoms with van der Waals surface area (Å²) in [6, 6.07) is 20.1. The zero-order chi connectivity index (χ0) is 22.7. The van der Waals surface area contributed by atoms with Gasteiger partial charge < -0.3 is 5.32 Å². The van der Waals surface area contributed by atoms with E-state index >= 15 is 0 Å². The van der Waals surface area contributed by atoms with Crippen molar-refractivity contribution < 1.29 is 13.2 Å². The quantitative estimate of drug-likeness (QED) is 0.400. The Morgan fingerprint density at radius 1 is 1.03 bits per heavy atom.